The first-order valence-electron chi connectivity index (χ1n) is 5.67. The normalized spacial score (nSPS) is 10.3. The second kappa shape index (κ2) is 5.41. The van der Waals surface area contributed by atoms with Crippen molar-refractivity contribution in [3.8, 4) is 5.75 Å². The summed E-state index contributed by atoms with van der Waals surface area (Å²) in [5, 5.41) is 0.321. The van der Waals surface area contributed by atoms with Gasteiger partial charge in [-0.3, -0.25) is 4.79 Å². The highest BCUT2D eigenvalue weighted by Gasteiger charge is 2.15. The monoisotopic (exact) mass is 278 g/mol. The highest BCUT2D eigenvalue weighted by Crippen LogP contribution is 2.26. The molecule has 0 aliphatic rings. The van der Waals surface area contributed by atoms with Crippen LogP contribution in [0.4, 0.5) is 4.39 Å². The van der Waals surface area contributed by atoms with Gasteiger partial charge in [-0.2, -0.15) is 0 Å². The van der Waals surface area contributed by atoms with Crippen molar-refractivity contribution in [1.82, 2.24) is 0 Å². The summed E-state index contributed by atoms with van der Waals surface area (Å²) in [4.78, 5) is 12.2. The maximum Gasteiger partial charge on any atom is 0.196 e. The van der Waals surface area contributed by atoms with Gasteiger partial charge in [0.15, 0.2) is 5.78 Å². The minimum atomic E-state index is -0.539. The number of carbonyl (C=O) groups excluding carboxylic acids is 1. The Balaban J connectivity index is 2.44. The topological polar surface area (TPSA) is 26.3 Å². The molecule has 0 saturated carbocycles. The van der Waals surface area contributed by atoms with Gasteiger partial charge in [-0.05, 0) is 37.3 Å². The quantitative estimate of drug-likeness (QED) is 0.793. The van der Waals surface area contributed by atoms with E-state index in [-0.39, 0.29) is 5.56 Å². The molecule has 0 heterocycles. The minimum Gasteiger partial charge on any atom is -0.495 e. The zero-order valence-corrected chi connectivity index (χ0v) is 11.3. The largest absolute Gasteiger partial charge is 0.495 e. The number of halogens is 2. The fourth-order valence-corrected chi connectivity index (χ4v) is 2.03. The second-order valence-corrected chi connectivity index (χ2v) is 4.57. The molecule has 0 saturated heterocycles. The summed E-state index contributed by atoms with van der Waals surface area (Å²) in [5.41, 5.74) is 1.20. The molecule has 0 aliphatic heterocycles. The van der Waals surface area contributed by atoms with Crippen LogP contribution >= 0.6 is 11.6 Å². The van der Waals surface area contributed by atoms with Crippen molar-refractivity contribution in [3.63, 3.8) is 0 Å². The zero-order valence-electron chi connectivity index (χ0n) is 10.5. The zero-order chi connectivity index (χ0) is 14.0. The van der Waals surface area contributed by atoms with Crippen LogP contribution in [-0.4, -0.2) is 12.9 Å². The van der Waals surface area contributed by atoms with Gasteiger partial charge in [0.1, 0.15) is 11.6 Å². The third-order valence-electron chi connectivity index (χ3n) is 2.78. The number of benzene rings is 2. The van der Waals surface area contributed by atoms with Crippen LogP contribution in [0.1, 0.15) is 21.5 Å². The van der Waals surface area contributed by atoms with Crippen LogP contribution in [0.2, 0.25) is 5.02 Å². The van der Waals surface area contributed by atoms with E-state index in [4.69, 9.17) is 16.3 Å². The molecule has 19 heavy (non-hydrogen) atoms. The first-order chi connectivity index (χ1) is 9.02. The molecule has 0 unspecified atom stereocenters. The number of hydrogen-bond acceptors (Lipinski definition) is 2. The van der Waals surface area contributed by atoms with Crippen molar-refractivity contribution in [2.75, 3.05) is 7.11 Å². The van der Waals surface area contributed by atoms with Crippen molar-refractivity contribution >= 4 is 17.4 Å². The average Bonchev–Trinajstić information content (AvgIpc) is 2.40. The first kappa shape index (κ1) is 13.6. The molecule has 2 nitrogen and oxygen atoms in total. The Hall–Kier alpha value is -1.87. The van der Waals surface area contributed by atoms with E-state index in [2.05, 4.69) is 0 Å². The Kier molecular flexibility index (Phi) is 3.86. The summed E-state index contributed by atoms with van der Waals surface area (Å²) in [7, 11) is 1.49. The fourth-order valence-electron chi connectivity index (χ4n) is 1.78. The predicted molar refractivity (Wildman–Crippen MR) is 72.6 cm³/mol. The Morgan fingerprint density at radius 3 is 2.58 bits per heavy atom. The Morgan fingerprint density at radius 1 is 1.21 bits per heavy atom. The molecule has 0 atom stereocenters. The summed E-state index contributed by atoms with van der Waals surface area (Å²) in [6, 6.07) is 9.05. The molecule has 0 N–H and O–H groups in total. The molecule has 98 valence electrons. The smallest absolute Gasteiger partial charge is 0.196 e. The van der Waals surface area contributed by atoms with E-state index in [9.17, 15) is 9.18 Å². The summed E-state index contributed by atoms with van der Waals surface area (Å²) in [5.74, 6) is -0.462. The highest BCUT2D eigenvalue weighted by atomic mass is 35.5. The predicted octanol–water partition coefficient (Wildman–Crippen LogP) is 4.03. The van der Waals surface area contributed by atoms with Crippen molar-refractivity contribution < 1.29 is 13.9 Å². The molecule has 0 amide bonds. The number of hydrogen-bond donors (Lipinski definition) is 0. The van der Waals surface area contributed by atoms with Crippen molar-refractivity contribution in [1.29, 1.82) is 0 Å². The van der Waals surface area contributed by atoms with Crippen LogP contribution in [-0.2, 0) is 0 Å². The molecule has 2 rings (SSSR count). The number of ketones is 1. The van der Waals surface area contributed by atoms with Crippen molar-refractivity contribution in [2.24, 2.45) is 0 Å². The van der Waals surface area contributed by atoms with Gasteiger partial charge >= 0.3 is 0 Å². The van der Waals surface area contributed by atoms with Gasteiger partial charge in [0.25, 0.3) is 0 Å². The van der Waals surface area contributed by atoms with Gasteiger partial charge < -0.3 is 4.74 Å². The third-order valence-corrected chi connectivity index (χ3v) is 3.08. The summed E-state index contributed by atoms with van der Waals surface area (Å²) >= 11 is 5.96. The van der Waals surface area contributed by atoms with Gasteiger partial charge in [0.05, 0.1) is 17.7 Å². The van der Waals surface area contributed by atoms with E-state index < -0.39 is 11.6 Å². The van der Waals surface area contributed by atoms with Gasteiger partial charge in [0.2, 0.25) is 0 Å². The molecule has 0 aromatic heterocycles. The number of aryl methyl sites for hydroxylation is 1. The van der Waals surface area contributed by atoms with Crippen LogP contribution in [0, 0.1) is 12.7 Å². The molecule has 0 spiro atoms. The molecule has 4 heteroatoms. The number of methoxy groups -OCH3 is 1. The summed E-state index contributed by atoms with van der Waals surface area (Å²) in [6.07, 6.45) is 0. The molecule has 2 aromatic rings. The maximum atomic E-state index is 13.7. The molecule has 0 bridgehead atoms. The minimum absolute atomic E-state index is 0.0428. The lowest BCUT2D eigenvalue weighted by Gasteiger charge is -2.07. The third kappa shape index (κ3) is 2.76. The lowest BCUT2D eigenvalue weighted by atomic mass is 10.0. The van der Waals surface area contributed by atoms with Crippen LogP contribution in [0.25, 0.3) is 0 Å². The molecular formula is C15H12ClFO2. The van der Waals surface area contributed by atoms with Crippen molar-refractivity contribution in [3.05, 3.63) is 63.9 Å². The Labute approximate surface area is 115 Å². The average molecular weight is 279 g/mol. The van der Waals surface area contributed by atoms with Crippen LogP contribution in [0.3, 0.4) is 0 Å². The van der Waals surface area contributed by atoms with Gasteiger partial charge in [-0.15, -0.1) is 0 Å². The van der Waals surface area contributed by atoms with E-state index in [1.165, 1.54) is 25.3 Å². The van der Waals surface area contributed by atoms with Crippen LogP contribution in [0.5, 0.6) is 5.75 Å². The van der Waals surface area contributed by atoms with Gasteiger partial charge in [-0.25, -0.2) is 4.39 Å². The molecular weight excluding hydrogens is 267 g/mol. The Morgan fingerprint density at radius 2 is 1.95 bits per heavy atom. The lowest BCUT2D eigenvalue weighted by molar-refractivity contribution is 0.103. The molecule has 0 aliphatic carbocycles. The maximum absolute atomic E-state index is 13.7. The standard InChI is InChI=1S/C15H12ClFO2/c1-9-3-5-13(17)11(7-9)15(18)10-4-6-14(19-2)12(16)8-10/h3-8H,1-2H3. The summed E-state index contributed by atoms with van der Waals surface area (Å²) in [6.45, 7) is 1.80. The number of carbonyl (C=O) groups is 1. The molecule has 0 fully saturated rings. The van der Waals surface area contributed by atoms with E-state index in [1.807, 2.05) is 0 Å². The van der Waals surface area contributed by atoms with Gasteiger partial charge in [-0.1, -0.05) is 23.2 Å². The van der Waals surface area contributed by atoms with Gasteiger partial charge in [0, 0.05) is 5.56 Å². The van der Waals surface area contributed by atoms with E-state index >= 15 is 0 Å². The van der Waals surface area contributed by atoms with Crippen LogP contribution in [0.15, 0.2) is 36.4 Å². The van der Waals surface area contributed by atoms with E-state index in [1.54, 1.807) is 25.1 Å². The number of ether oxygens (including phenoxy) is 1. The van der Waals surface area contributed by atoms with E-state index in [0.717, 1.165) is 5.56 Å². The molecule has 0 radical (unpaired) electrons. The first-order valence-corrected chi connectivity index (χ1v) is 6.05. The van der Waals surface area contributed by atoms with Crippen molar-refractivity contribution in [2.45, 2.75) is 6.92 Å². The number of rotatable bonds is 3. The lowest BCUT2D eigenvalue weighted by Crippen LogP contribution is -2.05. The SMILES string of the molecule is COc1ccc(C(=O)c2cc(C)ccc2F)cc1Cl. The highest BCUT2D eigenvalue weighted by molar-refractivity contribution is 6.32. The van der Waals surface area contributed by atoms with E-state index in [0.29, 0.717) is 16.3 Å². The summed E-state index contributed by atoms with van der Waals surface area (Å²) < 4.78 is 18.7. The van der Waals surface area contributed by atoms with Crippen LogP contribution < -0.4 is 4.74 Å². The Bertz CT molecular complexity index is 638. The fraction of sp³-hybridized carbons (Fsp3) is 0.133. The second-order valence-electron chi connectivity index (χ2n) is 4.16. The molecule has 2 aromatic carbocycles.